The fourth-order valence-corrected chi connectivity index (χ4v) is 2.55. The van der Waals surface area contributed by atoms with Crippen molar-refractivity contribution in [3.05, 3.63) is 45.6 Å². The molecular weight excluding hydrogens is 246 g/mol. The zero-order valence-corrected chi connectivity index (χ0v) is 11.2. The number of carbonyl (C=O) groups is 1. The summed E-state index contributed by atoms with van der Waals surface area (Å²) in [4.78, 5) is 10.8. The minimum absolute atomic E-state index is 0.0523. The molecule has 0 fully saturated rings. The Morgan fingerprint density at radius 3 is 2.78 bits per heavy atom. The molecule has 0 atom stereocenters. The van der Waals surface area contributed by atoms with E-state index in [0.717, 1.165) is 16.9 Å². The molecule has 18 heavy (non-hydrogen) atoms. The molecule has 0 aliphatic carbocycles. The number of rotatable bonds is 4. The summed E-state index contributed by atoms with van der Waals surface area (Å²) in [5, 5.41) is 16.0. The predicted octanol–water partition coefficient (Wildman–Crippen LogP) is 3.74. The van der Waals surface area contributed by atoms with E-state index in [0.29, 0.717) is 0 Å². The summed E-state index contributed by atoms with van der Waals surface area (Å²) in [6, 6.07) is 6.06. The molecule has 2 aromatic rings. The van der Waals surface area contributed by atoms with Crippen molar-refractivity contribution < 1.29 is 9.90 Å². The molecule has 0 radical (unpaired) electrons. The highest BCUT2D eigenvalue weighted by atomic mass is 32.1. The second kappa shape index (κ2) is 5.23. The van der Waals surface area contributed by atoms with Crippen molar-refractivity contribution in [1.82, 2.24) is 0 Å². The van der Waals surface area contributed by atoms with Crippen LogP contribution in [0, 0.1) is 13.8 Å². The number of nitrogens with one attached hydrogen (secondary N) is 1. The summed E-state index contributed by atoms with van der Waals surface area (Å²) in [5.74, 6) is -0.808. The number of thiophene rings is 1. The SMILES string of the molecule is Cc1cccc(Nc2cscc2CC(=O)O)c1C. The van der Waals surface area contributed by atoms with Gasteiger partial charge in [-0.1, -0.05) is 12.1 Å². The fourth-order valence-electron chi connectivity index (χ4n) is 1.76. The average Bonchev–Trinajstić information content (AvgIpc) is 2.72. The van der Waals surface area contributed by atoms with Crippen LogP contribution in [0.4, 0.5) is 11.4 Å². The number of hydrogen-bond donors (Lipinski definition) is 2. The molecule has 0 saturated heterocycles. The van der Waals surface area contributed by atoms with Crippen LogP contribution in [0.2, 0.25) is 0 Å². The van der Waals surface area contributed by atoms with Gasteiger partial charge in [0, 0.05) is 11.1 Å². The first kappa shape index (κ1) is 12.6. The number of anilines is 2. The lowest BCUT2D eigenvalue weighted by atomic mass is 10.1. The van der Waals surface area contributed by atoms with Gasteiger partial charge in [-0.3, -0.25) is 4.79 Å². The van der Waals surface area contributed by atoms with Crippen LogP contribution in [-0.4, -0.2) is 11.1 Å². The lowest BCUT2D eigenvalue weighted by Gasteiger charge is -2.11. The lowest BCUT2D eigenvalue weighted by Crippen LogP contribution is -2.02. The van der Waals surface area contributed by atoms with Crippen molar-refractivity contribution in [2.45, 2.75) is 20.3 Å². The third kappa shape index (κ3) is 2.71. The quantitative estimate of drug-likeness (QED) is 0.881. The zero-order chi connectivity index (χ0) is 13.1. The molecule has 1 heterocycles. The number of aliphatic carboxylic acids is 1. The molecule has 0 unspecified atom stereocenters. The van der Waals surface area contributed by atoms with Gasteiger partial charge in [0.2, 0.25) is 0 Å². The van der Waals surface area contributed by atoms with E-state index >= 15 is 0 Å². The first-order valence-electron chi connectivity index (χ1n) is 5.68. The molecule has 94 valence electrons. The molecule has 0 bridgehead atoms. The van der Waals surface area contributed by atoms with Gasteiger partial charge in [0.25, 0.3) is 0 Å². The smallest absolute Gasteiger partial charge is 0.307 e. The molecule has 2 rings (SSSR count). The highest BCUT2D eigenvalue weighted by Gasteiger charge is 2.09. The molecule has 0 aliphatic rings. The van der Waals surface area contributed by atoms with Crippen molar-refractivity contribution >= 4 is 28.7 Å². The summed E-state index contributed by atoms with van der Waals surface area (Å²) < 4.78 is 0. The van der Waals surface area contributed by atoms with Gasteiger partial charge in [-0.15, -0.1) is 11.3 Å². The van der Waals surface area contributed by atoms with Gasteiger partial charge in [-0.05, 0) is 42.0 Å². The summed E-state index contributed by atoms with van der Waals surface area (Å²) in [7, 11) is 0. The van der Waals surface area contributed by atoms with Crippen LogP contribution >= 0.6 is 11.3 Å². The molecular formula is C14H15NO2S. The number of aryl methyl sites for hydroxylation is 1. The van der Waals surface area contributed by atoms with Crippen LogP contribution in [-0.2, 0) is 11.2 Å². The molecule has 0 aliphatic heterocycles. The van der Waals surface area contributed by atoms with Crippen LogP contribution in [0.15, 0.2) is 29.0 Å². The minimum atomic E-state index is -0.808. The average molecular weight is 261 g/mol. The van der Waals surface area contributed by atoms with Gasteiger partial charge < -0.3 is 10.4 Å². The number of carboxylic acids is 1. The minimum Gasteiger partial charge on any atom is -0.481 e. The molecule has 1 aromatic heterocycles. The van der Waals surface area contributed by atoms with Crippen molar-refractivity contribution in [3.8, 4) is 0 Å². The molecule has 0 spiro atoms. The van der Waals surface area contributed by atoms with Crippen LogP contribution in [0.3, 0.4) is 0 Å². The van der Waals surface area contributed by atoms with Gasteiger partial charge >= 0.3 is 5.97 Å². The van der Waals surface area contributed by atoms with E-state index in [1.165, 1.54) is 22.5 Å². The highest BCUT2D eigenvalue weighted by molar-refractivity contribution is 7.08. The van der Waals surface area contributed by atoms with Crippen LogP contribution in [0.25, 0.3) is 0 Å². The van der Waals surface area contributed by atoms with Crippen molar-refractivity contribution in [1.29, 1.82) is 0 Å². The van der Waals surface area contributed by atoms with Crippen molar-refractivity contribution in [2.24, 2.45) is 0 Å². The second-order valence-corrected chi connectivity index (χ2v) is 5.00. The van der Waals surface area contributed by atoms with Crippen LogP contribution in [0.1, 0.15) is 16.7 Å². The van der Waals surface area contributed by atoms with E-state index in [9.17, 15) is 4.79 Å². The molecule has 4 heteroatoms. The van der Waals surface area contributed by atoms with E-state index in [4.69, 9.17) is 5.11 Å². The largest absolute Gasteiger partial charge is 0.481 e. The summed E-state index contributed by atoms with van der Waals surface area (Å²) in [6.45, 7) is 4.12. The van der Waals surface area contributed by atoms with Gasteiger partial charge in [0.05, 0.1) is 12.1 Å². The van der Waals surface area contributed by atoms with E-state index in [1.54, 1.807) is 0 Å². The maximum atomic E-state index is 10.8. The monoisotopic (exact) mass is 261 g/mol. The molecule has 1 aromatic carbocycles. The zero-order valence-electron chi connectivity index (χ0n) is 10.4. The standard InChI is InChI=1S/C14H15NO2S/c1-9-4-3-5-12(10(9)2)15-13-8-18-7-11(13)6-14(16)17/h3-5,7-8,15H,6H2,1-2H3,(H,16,17). The second-order valence-electron chi connectivity index (χ2n) is 4.25. The Balaban J connectivity index is 2.26. The van der Waals surface area contributed by atoms with Gasteiger partial charge in [-0.2, -0.15) is 0 Å². The van der Waals surface area contributed by atoms with Gasteiger partial charge in [0.15, 0.2) is 0 Å². The first-order valence-corrected chi connectivity index (χ1v) is 6.62. The fraction of sp³-hybridized carbons (Fsp3) is 0.214. The number of hydrogen-bond acceptors (Lipinski definition) is 3. The normalized spacial score (nSPS) is 10.3. The van der Waals surface area contributed by atoms with Crippen molar-refractivity contribution in [2.75, 3.05) is 5.32 Å². The van der Waals surface area contributed by atoms with Crippen LogP contribution in [0.5, 0.6) is 0 Å². The Morgan fingerprint density at radius 1 is 1.28 bits per heavy atom. The maximum absolute atomic E-state index is 10.8. The lowest BCUT2D eigenvalue weighted by molar-refractivity contribution is -0.136. The number of benzene rings is 1. The van der Waals surface area contributed by atoms with Crippen LogP contribution < -0.4 is 5.32 Å². The van der Waals surface area contributed by atoms with E-state index in [2.05, 4.69) is 25.2 Å². The first-order chi connectivity index (χ1) is 8.58. The summed E-state index contributed by atoms with van der Waals surface area (Å²) in [6.07, 6.45) is 0.0523. The van der Waals surface area contributed by atoms with E-state index in [-0.39, 0.29) is 6.42 Å². The van der Waals surface area contributed by atoms with Gasteiger partial charge in [-0.25, -0.2) is 0 Å². The van der Waals surface area contributed by atoms with Gasteiger partial charge in [0.1, 0.15) is 0 Å². The number of carboxylic acid groups (broad SMARTS) is 1. The summed E-state index contributed by atoms with van der Waals surface area (Å²) in [5.41, 5.74) is 5.14. The third-order valence-electron chi connectivity index (χ3n) is 2.96. The van der Waals surface area contributed by atoms with E-state index < -0.39 is 5.97 Å². The Kier molecular flexibility index (Phi) is 3.67. The molecule has 2 N–H and O–H groups in total. The summed E-state index contributed by atoms with van der Waals surface area (Å²) >= 11 is 1.51. The topological polar surface area (TPSA) is 49.3 Å². The predicted molar refractivity (Wildman–Crippen MR) is 74.9 cm³/mol. The molecule has 0 saturated carbocycles. The molecule has 0 amide bonds. The Hall–Kier alpha value is -1.81. The Bertz CT molecular complexity index is 575. The highest BCUT2D eigenvalue weighted by Crippen LogP contribution is 2.28. The Labute approximate surface area is 110 Å². The Morgan fingerprint density at radius 2 is 2.06 bits per heavy atom. The third-order valence-corrected chi connectivity index (χ3v) is 3.75. The maximum Gasteiger partial charge on any atom is 0.307 e. The van der Waals surface area contributed by atoms with E-state index in [1.807, 2.05) is 22.9 Å². The van der Waals surface area contributed by atoms with Crippen molar-refractivity contribution in [3.63, 3.8) is 0 Å². The molecule has 3 nitrogen and oxygen atoms in total.